The van der Waals surface area contributed by atoms with E-state index in [-0.39, 0.29) is 0 Å². The van der Waals surface area contributed by atoms with Crippen molar-refractivity contribution in [2.24, 2.45) is 0 Å². The summed E-state index contributed by atoms with van der Waals surface area (Å²) in [6.07, 6.45) is 7.10. The molecule has 1 aliphatic heterocycles. The summed E-state index contributed by atoms with van der Waals surface area (Å²) in [5, 5.41) is 3.45. The average Bonchev–Trinajstić information content (AvgIpc) is 2.33. The van der Waals surface area contributed by atoms with Crippen LogP contribution in [0.2, 0.25) is 0 Å². The van der Waals surface area contributed by atoms with Gasteiger partial charge in [-0.3, -0.25) is 4.90 Å². The summed E-state index contributed by atoms with van der Waals surface area (Å²) in [5.74, 6) is 0. The maximum Gasteiger partial charge on any atom is 0.0674 e. The molecule has 0 aromatic carbocycles. The Hall–Kier alpha value is -0.120. The molecule has 0 aromatic rings. The molecule has 3 heteroatoms. The van der Waals surface area contributed by atoms with Crippen LogP contribution in [0.15, 0.2) is 0 Å². The molecule has 1 aliphatic rings. The molecule has 1 unspecified atom stereocenters. The van der Waals surface area contributed by atoms with Gasteiger partial charge in [0.15, 0.2) is 0 Å². The average molecular weight is 242 g/mol. The number of rotatable bonds is 9. The van der Waals surface area contributed by atoms with Crippen molar-refractivity contribution in [1.82, 2.24) is 10.2 Å². The molecule has 0 bridgehead atoms. The van der Waals surface area contributed by atoms with Crippen LogP contribution in [-0.2, 0) is 4.74 Å². The van der Waals surface area contributed by atoms with E-state index in [2.05, 4.69) is 24.1 Å². The quantitative estimate of drug-likeness (QED) is 0.628. The molecule has 1 N–H and O–H groups in total. The Labute approximate surface area is 107 Å². The lowest BCUT2D eigenvalue weighted by Crippen LogP contribution is -2.41. The SMILES string of the molecule is CCCNCCCCCCN1CCOC(C)C1. The molecule has 1 fully saturated rings. The van der Waals surface area contributed by atoms with Crippen LogP contribution >= 0.6 is 0 Å². The number of nitrogens with zero attached hydrogens (tertiary/aromatic N) is 1. The molecule has 1 rings (SSSR count). The molecule has 3 nitrogen and oxygen atoms in total. The highest BCUT2D eigenvalue weighted by molar-refractivity contribution is 4.67. The molecule has 0 radical (unpaired) electrons. The van der Waals surface area contributed by atoms with Gasteiger partial charge in [0.2, 0.25) is 0 Å². The van der Waals surface area contributed by atoms with E-state index < -0.39 is 0 Å². The predicted molar refractivity (Wildman–Crippen MR) is 73.5 cm³/mol. The van der Waals surface area contributed by atoms with Crippen molar-refractivity contribution < 1.29 is 4.74 Å². The number of unbranched alkanes of at least 4 members (excludes halogenated alkanes) is 3. The van der Waals surface area contributed by atoms with Crippen LogP contribution in [0.1, 0.15) is 46.0 Å². The molecule has 1 atom stereocenters. The lowest BCUT2D eigenvalue weighted by atomic mass is 10.1. The molecular weight excluding hydrogens is 212 g/mol. The fraction of sp³-hybridized carbons (Fsp3) is 1.00. The van der Waals surface area contributed by atoms with Gasteiger partial charge in [-0.15, -0.1) is 0 Å². The molecular formula is C14H30N2O. The van der Waals surface area contributed by atoms with E-state index >= 15 is 0 Å². The number of hydrogen-bond acceptors (Lipinski definition) is 3. The molecule has 0 aromatic heterocycles. The smallest absolute Gasteiger partial charge is 0.0674 e. The van der Waals surface area contributed by atoms with Crippen LogP contribution < -0.4 is 5.32 Å². The van der Waals surface area contributed by atoms with E-state index in [9.17, 15) is 0 Å². The van der Waals surface area contributed by atoms with Crippen LogP contribution in [-0.4, -0.2) is 50.3 Å². The zero-order chi connectivity index (χ0) is 12.3. The Bertz CT molecular complexity index is 176. The van der Waals surface area contributed by atoms with Gasteiger partial charge < -0.3 is 10.1 Å². The summed E-state index contributed by atoms with van der Waals surface area (Å²) >= 11 is 0. The largest absolute Gasteiger partial charge is 0.376 e. The first-order valence-electron chi connectivity index (χ1n) is 7.37. The minimum Gasteiger partial charge on any atom is -0.376 e. The van der Waals surface area contributed by atoms with Crippen molar-refractivity contribution in [2.75, 3.05) is 39.3 Å². The minimum atomic E-state index is 0.432. The Morgan fingerprint density at radius 2 is 2.00 bits per heavy atom. The van der Waals surface area contributed by atoms with E-state index in [0.717, 1.165) is 19.7 Å². The predicted octanol–water partition coefficient (Wildman–Crippen LogP) is 2.27. The van der Waals surface area contributed by atoms with Crippen molar-refractivity contribution in [3.8, 4) is 0 Å². The molecule has 0 amide bonds. The zero-order valence-electron chi connectivity index (χ0n) is 11.7. The topological polar surface area (TPSA) is 24.5 Å². The van der Waals surface area contributed by atoms with E-state index in [1.165, 1.54) is 51.7 Å². The van der Waals surface area contributed by atoms with Gasteiger partial charge in [0, 0.05) is 13.1 Å². The fourth-order valence-corrected chi connectivity index (χ4v) is 2.33. The third-order valence-electron chi connectivity index (χ3n) is 3.33. The number of nitrogens with one attached hydrogen (secondary N) is 1. The fourth-order valence-electron chi connectivity index (χ4n) is 2.33. The second-order valence-corrected chi connectivity index (χ2v) is 5.15. The zero-order valence-corrected chi connectivity index (χ0v) is 11.7. The van der Waals surface area contributed by atoms with E-state index in [1.807, 2.05) is 0 Å². The molecule has 0 saturated carbocycles. The van der Waals surface area contributed by atoms with Gasteiger partial charge >= 0.3 is 0 Å². The molecule has 102 valence electrons. The second kappa shape index (κ2) is 9.86. The van der Waals surface area contributed by atoms with Crippen LogP contribution in [0.25, 0.3) is 0 Å². The van der Waals surface area contributed by atoms with E-state index in [1.54, 1.807) is 0 Å². The van der Waals surface area contributed by atoms with Gasteiger partial charge in [0.1, 0.15) is 0 Å². The first-order valence-corrected chi connectivity index (χ1v) is 7.37. The van der Waals surface area contributed by atoms with Crippen LogP contribution in [0.5, 0.6) is 0 Å². The van der Waals surface area contributed by atoms with Crippen molar-refractivity contribution in [2.45, 2.75) is 52.1 Å². The Balaban J connectivity index is 1.83. The highest BCUT2D eigenvalue weighted by Crippen LogP contribution is 2.07. The van der Waals surface area contributed by atoms with Crippen molar-refractivity contribution >= 4 is 0 Å². The highest BCUT2D eigenvalue weighted by atomic mass is 16.5. The highest BCUT2D eigenvalue weighted by Gasteiger charge is 2.15. The first kappa shape index (κ1) is 14.9. The standard InChI is InChI=1S/C14H30N2O/c1-3-8-15-9-6-4-5-7-10-16-11-12-17-14(2)13-16/h14-15H,3-13H2,1-2H3. The van der Waals surface area contributed by atoms with Gasteiger partial charge in [-0.25, -0.2) is 0 Å². The van der Waals surface area contributed by atoms with Crippen LogP contribution in [0.3, 0.4) is 0 Å². The Morgan fingerprint density at radius 1 is 1.18 bits per heavy atom. The summed E-state index contributed by atoms with van der Waals surface area (Å²) in [7, 11) is 0. The van der Waals surface area contributed by atoms with E-state index in [0.29, 0.717) is 6.10 Å². The monoisotopic (exact) mass is 242 g/mol. The Morgan fingerprint density at radius 3 is 2.76 bits per heavy atom. The lowest BCUT2D eigenvalue weighted by molar-refractivity contribution is -0.0186. The number of hydrogen-bond donors (Lipinski definition) is 1. The van der Waals surface area contributed by atoms with Crippen molar-refractivity contribution in [1.29, 1.82) is 0 Å². The minimum absolute atomic E-state index is 0.432. The maximum atomic E-state index is 5.54. The summed E-state index contributed by atoms with van der Waals surface area (Å²) in [6, 6.07) is 0. The first-order chi connectivity index (χ1) is 8.33. The summed E-state index contributed by atoms with van der Waals surface area (Å²) < 4.78 is 5.54. The third-order valence-corrected chi connectivity index (χ3v) is 3.33. The van der Waals surface area contributed by atoms with Crippen LogP contribution in [0, 0.1) is 0 Å². The number of ether oxygens (including phenoxy) is 1. The Kier molecular flexibility index (Phi) is 8.67. The number of morpholine rings is 1. The third kappa shape index (κ3) is 7.74. The summed E-state index contributed by atoms with van der Waals surface area (Å²) in [5.41, 5.74) is 0. The van der Waals surface area contributed by atoms with Gasteiger partial charge in [-0.2, -0.15) is 0 Å². The van der Waals surface area contributed by atoms with Gasteiger partial charge in [-0.1, -0.05) is 19.8 Å². The molecule has 1 heterocycles. The summed E-state index contributed by atoms with van der Waals surface area (Å²) in [6.45, 7) is 11.2. The van der Waals surface area contributed by atoms with Crippen molar-refractivity contribution in [3.05, 3.63) is 0 Å². The second-order valence-electron chi connectivity index (χ2n) is 5.15. The van der Waals surface area contributed by atoms with Gasteiger partial charge in [-0.05, 0) is 45.8 Å². The summed E-state index contributed by atoms with van der Waals surface area (Å²) in [4.78, 5) is 2.55. The molecule has 1 saturated heterocycles. The maximum absolute atomic E-state index is 5.54. The molecule has 0 spiro atoms. The van der Waals surface area contributed by atoms with Gasteiger partial charge in [0.05, 0.1) is 12.7 Å². The molecule has 17 heavy (non-hydrogen) atoms. The lowest BCUT2D eigenvalue weighted by Gasteiger charge is -2.30. The van der Waals surface area contributed by atoms with Crippen LogP contribution in [0.4, 0.5) is 0 Å². The van der Waals surface area contributed by atoms with Gasteiger partial charge in [0.25, 0.3) is 0 Å². The molecule has 0 aliphatic carbocycles. The normalized spacial score (nSPS) is 21.9. The van der Waals surface area contributed by atoms with E-state index in [4.69, 9.17) is 4.74 Å². The van der Waals surface area contributed by atoms with Crippen molar-refractivity contribution in [3.63, 3.8) is 0 Å².